The van der Waals surface area contributed by atoms with Crippen LogP contribution < -0.4 is 5.32 Å². The predicted octanol–water partition coefficient (Wildman–Crippen LogP) is 4.05. The van der Waals surface area contributed by atoms with E-state index in [9.17, 15) is 18.0 Å². The summed E-state index contributed by atoms with van der Waals surface area (Å²) in [6.07, 6.45) is 0.290. The van der Waals surface area contributed by atoms with E-state index in [4.69, 9.17) is 11.6 Å². The van der Waals surface area contributed by atoms with E-state index in [0.29, 0.717) is 11.6 Å². The number of hydrogen-bond acceptors (Lipinski definition) is 4. The van der Waals surface area contributed by atoms with Gasteiger partial charge in [-0.2, -0.15) is 4.31 Å². The highest BCUT2D eigenvalue weighted by Gasteiger charge is 2.32. The lowest BCUT2D eigenvalue weighted by molar-refractivity contribution is -0.141. The van der Waals surface area contributed by atoms with Crippen molar-refractivity contribution in [2.24, 2.45) is 0 Å². The van der Waals surface area contributed by atoms with Gasteiger partial charge in [0, 0.05) is 31.6 Å². The lowest BCUT2D eigenvalue weighted by Crippen LogP contribution is -2.53. The van der Waals surface area contributed by atoms with Crippen LogP contribution in [0.1, 0.15) is 23.6 Å². The van der Waals surface area contributed by atoms with Gasteiger partial charge in [-0.15, -0.1) is 0 Å². The first-order chi connectivity index (χ1) is 17.6. The Bertz CT molecular complexity index is 1300. The second-order valence-electron chi connectivity index (χ2n) is 8.82. The molecule has 0 aliphatic rings. The number of carbonyl (C=O) groups is 2. The molecular weight excluding hydrogens is 510 g/mol. The molecule has 0 radical (unpaired) electrons. The highest BCUT2D eigenvalue weighted by Crippen LogP contribution is 2.20. The molecule has 1 N–H and O–H groups in total. The first-order valence-corrected chi connectivity index (χ1v) is 13.8. The number of halogens is 1. The quantitative estimate of drug-likeness (QED) is 0.397. The summed E-state index contributed by atoms with van der Waals surface area (Å²) in [6.45, 7) is 3.91. The minimum Gasteiger partial charge on any atom is -0.355 e. The number of nitrogens with zero attached hydrogens (tertiary/aromatic N) is 2. The normalized spacial score (nSPS) is 12.2. The van der Waals surface area contributed by atoms with Crippen molar-refractivity contribution in [2.45, 2.75) is 37.8 Å². The predicted molar refractivity (Wildman–Crippen MR) is 146 cm³/mol. The summed E-state index contributed by atoms with van der Waals surface area (Å²) >= 11 is 5.90. The van der Waals surface area contributed by atoms with Crippen LogP contribution in [0.25, 0.3) is 0 Å². The Morgan fingerprint density at radius 3 is 2.14 bits per heavy atom. The van der Waals surface area contributed by atoms with Crippen LogP contribution in [0.2, 0.25) is 5.02 Å². The Labute approximate surface area is 224 Å². The monoisotopic (exact) mass is 541 g/mol. The van der Waals surface area contributed by atoms with E-state index in [2.05, 4.69) is 5.32 Å². The molecule has 0 aliphatic heterocycles. The fourth-order valence-corrected chi connectivity index (χ4v) is 5.14. The molecule has 0 saturated carbocycles. The first kappa shape index (κ1) is 28.4. The molecular formula is C28H32ClN3O4S. The third-order valence-electron chi connectivity index (χ3n) is 5.98. The average Bonchev–Trinajstić information content (AvgIpc) is 2.88. The molecule has 9 heteroatoms. The molecule has 3 aromatic rings. The topological polar surface area (TPSA) is 86.8 Å². The van der Waals surface area contributed by atoms with Crippen molar-refractivity contribution in [3.05, 3.63) is 101 Å². The van der Waals surface area contributed by atoms with Crippen LogP contribution in [0, 0.1) is 6.92 Å². The van der Waals surface area contributed by atoms with E-state index < -0.39 is 28.5 Å². The number of aryl methyl sites for hydroxylation is 1. The fraction of sp³-hybridized carbons (Fsp3) is 0.286. The molecule has 3 rings (SSSR count). The molecule has 0 saturated heterocycles. The summed E-state index contributed by atoms with van der Waals surface area (Å²) in [5, 5.41) is 3.24. The van der Waals surface area contributed by atoms with Crippen molar-refractivity contribution in [1.29, 1.82) is 0 Å². The minimum absolute atomic E-state index is 0.0295. The highest BCUT2D eigenvalue weighted by molar-refractivity contribution is 7.89. The standard InChI is InChI=1S/C28H32ClN3O4S/c1-4-30-28(34)26(18-22-8-6-5-7-9-22)32(19-23-12-10-21(2)11-13-23)27(33)20-31(3)37(35,36)25-16-14-24(29)15-17-25/h5-17,26H,4,18-20H2,1-3H3,(H,30,34)/t26-/m0/s1. The molecule has 3 aromatic carbocycles. The molecule has 196 valence electrons. The minimum atomic E-state index is -3.95. The zero-order valence-corrected chi connectivity index (χ0v) is 22.8. The van der Waals surface area contributed by atoms with Gasteiger partial charge in [0.15, 0.2) is 0 Å². The van der Waals surface area contributed by atoms with Crippen molar-refractivity contribution in [3.63, 3.8) is 0 Å². The first-order valence-electron chi connectivity index (χ1n) is 12.0. The van der Waals surface area contributed by atoms with Crippen molar-refractivity contribution < 1.29 is 18.0 Å². The summed E-state index contributed by atoms with van der Waals surface area (Å²) in [6, 6.07) is 22.1. The molecule has 0 heterocycles. The van der Waals surface area contributed by atoms with Crippen molar-refractivity contribution in [2.75, 3.05) is 20.1 Å². The Hall–Kier alpha value is -3.20. The summed E-state index contributed by atoms with van der Waals surface area (Å²) in [5.41, 5.74) is 2.80. The maximum atomic E-state index is 13.7. The van der Waals surface area contributed by atoms with Gasteiger partial charge in [0.1, 0.15) is 6.04 Å². The van der Waals surface area contributed by atoms with E-state index in [1.165, 1.54) is 36.2 Å². The second kappa shape index (κ2) is 12.9. The maximum Gasteiger partial charge on any atom is 0.243 e. The summed E-state index contributed by atoms with van der Waals surface area (Å²) < 4.78 is 27.3. The van der Waals surface area contributed by atoms with Crippen molar-refractivity contribution in [1.82, 2.24) is 14.5 Å². The number of likely N-dealkylation sites (N-methyl/N-ethyl adjacent to an activating group) is 2. The molecule has 0 spiro atoms. The fourth-order valence-electron chi connectivity index (χ4n) is 3.89. The van der Waals surface area contributed by atoms with Crippen LogP contribution in [0.4, 0.5) is 0 Å². The van der Waals surface area contributed by atoms with Crippen LogP contribution in [0.3, 0.4) is 0 Å². The van der Waals surface area contributed by atoms with Gasteiger partial charge in [-0.05, 0) is 49.2 Å². The van der Waals surface area contributed by atoms with E-state index in [1.807, 2.05) is 68.4 Å². The second-order valence-corrected chi connectivity index (χ2v) is 11.3. The van der Waals surface area contributed by atoms with Crippen LogP contribution in [0.5, 0.6) is 0 Å². The molecule has 0 aliphatic carbocycles. The zero-order valence-electron chi connectivity index (χ0n) is 21.2. The largest absolute Gasteiger partial charge is 0.355 e. The van der Waals surface area contributed by atoms with Crippen LogP contribution in [0.15, 0.2) is 83.8 Å². The summed E-state index contributed by atoms with van der Waals surface area (Å²) in [5.74, 6) is -0.775. The number of hydrogen-bond donors (Lipinski definition) is 1. The SMILES string of the molecule is CCNC(=O)[C@H](Cc1ccccc1)N(Cc1ccc(C)cc1)C(=O)CN(C)S(=O)(=O)c1ccc(Cl)cc1. The van der Waals surface area contributed by atoms with Gasteiger partial charge in [0.05, 0.1) is 11.4 Å². The number of nitrogens with one attached hydrogen (secondary N) is 1. The number of amides is 2. The Balaban J connectivity index is 1.94. The number of sulfonamides is 1. The van der Waals surface area contributed by atoms with Crippen LogP contribution >= 0.6 is 11.6 Å². The third kappa shape index (κ3) is 7.64. The Morgan fingerprint density at radius 2 is 1.54 bits per heavy atom. The Morgan fingerprint density at radius 1 is 0.919 bits per heavy atom. The molecule has 0 unspecified atom stereocenters. The Kier molecular flexibility index (Phi) is 9.86. The molecule has 7 nitrogen and oxygen atoms in total. The maximum absolute atomic E-state index is 13.7. The summed E-state index contributed by atoms with van der Waals surface area (Å²) in [4.78, 5) is 28.4. The van der Waals surface area contributed by atoms with Gasteiger partial charge in [-0.3, -0.25) is 9.59 Å². The van der Waals surface area contributed by atoms with E-state index in [1.54, 1.807) is 0 Å². The van der Waals surface area contributed by atoms with Gasteiger partial charge in [0.2, 0.25) is 21.8 Å². The third-order valence-corrected chi connectivity index (χ3v) is 8.04. The van der Waals surface area contributed by atoms with Gasteiger partial charge in [0.25, 0.3) is 0 Å². The molecule has 0 aromatic heterocycles. The number of rotatable bonds is 11. The van der Waals surface area contributed by atoms with Gasteiger partial charge in [-0.1, -0.05) is 71.8 Å². The molecule has 0 bridgehead atoms. The van der Waals surface area contributed by atoms with Crippen molar-refractivity contribution in [3.8, 4) is 0 Å². The number of carbonyl (C=O) groups excluding carboxylic acids is 2. The molecule has 2 amide bonds. The smallest absolute Gasteiger partial charge is 0.243 e. The number of benzene rings is 3. The van der Waals surface area contributed by atoms with E-state index >= 15 is 0 Å². The van der Waals surface area contributed by atoms with Crippen LogP contribution in [-0.4, -0.2) is 55.6 Å². The van der Waals surface area contributed by atoms with Gasteiger partial charge < -0.3 is 10.2 Å². The average molecular weight is 542 g/mol. The van der Waals surface area contributed by atoms with E-state index in [0.717, 1.165) is 21.0 Å². The summed E-state index contributed by atoms with van der Waals surface area (Å²) in [7, 11) is -2.60. The lowest BCUT2D eigenvalue weighted by atomic mass is 10.0. The zero-order chi connectivity index (χ0) is 27.0. The lowest BCUT2D eigenvalue weighted by Gasteiger charge is -2.32. The van der Waals surface area contributed by atoms with Crippen molar-refractivity contribution >= 4 is 33.4 Å². The highest BCUT2D eigenvalue weighted by atomic mass is 35.5. The molecule has 1 atom stereocenters. The van der Waals surface area contributed by atoms with Gasteiger partial charge in [-0.25, -0.2) is 8.42 Å². The van der Waals surface area contributed by atoms with E-state index in [-0.39, 0.29) is 23.8 Å². The molecule has 0 fully saturated rings. The van der Waals surface area contributed by atoms with Crippen LogP contribution in [-0.2, 0) is 32.6 Å². The molecule has 37 heavy (non-hydrogen) atoms. The van der Waals surface area contributed by atoms with Gasteiger partial charge >= 0.3 is 0 Å².